The predicted molar refractivity (Wildman–Crippen MR) is 95.2 cm³/mol. The third-order valence-electron chi connectivity index (χ3n) is 5.11. The minimum atomic E-state index is -0.258. The summed E-state index contributed by atoms with van der Waals surface area (Å²) in [6.45, 7) is 8.60. The number of nitrogens with zero attached hydrogens (tertiary/aromatic N) is 4. The van der Waals surface area contributed by atoms with Crippen LogP contribution in [0.4, 0.5) is 5.95 Å². The molecule has 1 atom stereocenters. The van der Waals surface area contributed by atoms with Crippen LogP contribution in [-0.2, 0) is 4.79 Å². The molecule has 1 aromatic carbocycles. The summed E-state index contributed by atoms with van der Waals surface area (Å²) in [4.78, 5) is 13.0. The van der Waals surface area contributed by atoms with Crippen LogP contribution >= 0.6 is 0 Å². The zero-order valence-electron chi connectivity index (χ0n) is 15.1. The Kier molecular flexibility index (Phi) is 3.52. The lowest BCUT2D eigenvalue weighted by atomic mass is 9.73. The van der Waals surface area contributed by atoms with Crippen molar-refractivity contribution in [3.8, 4) is 0 Å². The van der Waals surface area contributed by atoms with Crippen LogP contribution in [0.1, 0.15) is 63.6 Å². The lowest BCUT2D eigenvalue weighted by molar-refractivity contribution is -0.118. The Hall–Kier alpha value is -2.50. The molecule has 0 unspecified atom stereocenters. The molecule has 2 aromatic rings. The van der Waals surface area contributed by atoms with Crippen LogP contribution in [0.15, 0.2) is 35.5 Å². The average Bonchev–Trinajstić information content (AvgIpc) is 2.99. The molecule has 0 spiro atoms. The zero-order chi connectivity index (χ0) is 17.8. The van der Waals surface area contributed by atoms with Gasteiger partial charge in [-0.1, -0.05) is 57.1 Å². The van der Waals surface area contributed by atoms with Gasteiger partial charge in [0.2, 0.25) is 5.95 Å². The van der Waals surface area contributed by atoms with Crippen molar-refractivity contribution in [3.63, 3.8) is 0 Å². The quantitative estimate of drug-likeness (QED) is 0.908. The molecule has 2 heterocycles. The van der Waals surface area contributed by atoms with Crippen molar-refractivity contribution in [2.24, 2.45) is 5.41 Å². The molecule has 0 fully saturated rings. The van der Waals surface area contributed by atoms with E-state index in [1.54, 1.807) is 4.68 Å². The van der Waals surface area contributed by atoms with Crippen molar-refractivity contribution in [1.29, 1.82) is 0 Å². The number of anilines is 1. The van der Waals surface area contributed by atoms with Crippen molar-refractivity contribution >= 4 is 11.7 Å². The summed E-state index contributed by atoms with van der Waals surface area (Å²) >= 11 is 0. The second-order valence-corrected chi connectivity index (χ2v) is 8.13. The van der Waals surface area contributed by atoms with E-state index in [0.29, 0.717) is 18.3 Å². The second kappa shape index (κ2) is 5.51. The summed E-state index contributed by atoms with van der Waals surface area (Å²) in [6.07, 6.45) is 1.37. The highest BCUT2D eigenvalue weighted by Gasteiger charge is 2.41. The maximum Gasteiger partial charge on any atom is 0.248 e. The Morgan fingerprint density at radius 1 is 1.20 bits per heavy atom. The molecule has 2 aliphatic rings. The van der Waals surface area contributed by atoms with E-state index in [0.717, 1.165) is 23.3 Å². The number of rotatable bonds is 2. The van der Waals surface area contributed by atoms with Crippen LogP contribution in [0.3, 0.4) is 0 Å². The highest BCUT2D eigenvalue weighted by Crippen LogP contribution is 2.44. The van der Waals surface area contributed by atoms with Gasteiger partial charge in [0.05, 0.1) is 0 Å². The summed E-state index contributed by atoms with van der Waals surface area (Å²) in [6, 6.07) is 8.18. The third kappa shape index (κ3) is 2.65. The smallest absolute Gasteiger partial charge is 0.248 e. The molecule has 1 aliphatic carbocycles. The highest BCUT2D eigenvalue weighted by atomic mass is 16.1. The first-order valence-electron chi connectivity index (χ1n) is 8.77. The molecule has 4 rings (SSSR count). The minimum Gasteiger partial charge on any atom is -0.326 e. The zero-order valence-corrected chi connectivity index (χ0v) is 15.1. The summed E-state index contributed by atoms with van der Waals surface area (Å²) in [5, 5.41) is 15.3. The fourth-order valence-corrected chi connectivity index (χ4v) is 3.84. The van der Waals surface area contributed by atoms with E-state index in [1.807, 2.05) is 0 Å². The molecule has 0 bridgehead atoms. The van der Waals surface area contributed by atoms with E-state index in [2.05, 4.69) is 72.8 Å². The number of carbonyl (C=O) groups excluding carboxylic acids is 1. The van der Waals surface area contributed by atoms with Gasteiger partial charge in [-0.05, 0) is 39.3 Å². The maximum atomic E-state index is 13.0. The topological polar surface area (TPSA) is 72.7 Å². The SMILES string of the molecule is CC(C)c1ccc([C@H]2C3=C(CC(C)(C)CC3=O)Nc3nnnn32)cc1. The minimum absolute atomic E-state index is 0.0510. The van der Waals surface area contributed by atoms with Gasteiger partial charge in [-0.2, -0.15) is 4.68 Å². The Bertz CT molecular complexity index is 860. The number of aromatic nitrogens is 4. The standard InChI is InChI=1S/C19H23N5O/c1-11(2)12-5-7-13(8-6-12)17-16-14(9-19(3,4)10-15(16)25)20-18-21-22-23-24(17)18/h5-8,11,17H,9-10H2,1-4H3,(H,20,21,23)/t17-/m0/s1. The number of hydrogen-bond donors (Lipinski definition) is 1. The fourth-order valence-electron chi connectivity index (χ4n) is 3.84. The van der Waals surface area contributed by atoms with Crippen LogP contribution in [0.5, 0.6) is 0 Å². The first-order valence-corrected chi connectivity index (χ1v) is 8.77. The lowest BCUT2D eigenvalue weighted by Gasteiger charge is -2.37. The third-order valence-corrected chi connectivity index (χ3v) is 5.11. The van der Waals surface area contributed by atoms with E-state index in [1.165, 1.54) is 5.56 Å². The molecular weight excluding hydrogens is 314 g/mol. The predicted octanol–water partition coefficient (Wildman–Crippen LogP) is 3.45. The van der Waals surface area contributed by atoms with Crippen molar-refractivity contribution in [1.82, 2.24) is 20.2 Å². The maximum absolute atomic E-state index is 13.0. The molecule has 6 nitrogen and oxygen atoms in total. The number of hydrogen-bond acceptors (Lipinski definition) is 5. The van der Waals surface area contributed by atoms with Gasteiger partial charge in [0, 0.05) is 17.7 Å². The first-order chi connectivity index (χ1) is 11.9. The van der Waals surface area contributed by atoms with Gasteiger partial charge in [0.25, 0.3) is 0 Å². The van der Waals surface area contributed by atoms with Crippen LogP contribution in [-0.4, -0.2) is 26.0 Å². The van der Waals surface area contributed by atoms with Crippen LogP contribution < -0.4 is 5.32 Å². The summed E-state index contributed by atoms with van der Waals surface area (Å²) in [5.74, 6) is 1.25. The lowest BCUT2D eigenvalue weighted by Crippen LogP contribution is -2.36. The fraction of sp³-hybridized carbons (Fsp3) is 0.474. The number of tetrazole rings is 1. The Morgan fingerprint density at radius 2 is 1.92 bits per heavy atom. The average molecular weight is 337 g/mol. The van der Waals surface area contributed by atoms with Crippen molar-refractivity contribution < 1.29 is 4.79 Å². The van der Waals surface area contributed by atoms with Crippen molar-refractivity contribution in [2.45, 2.75) is 52.5 Å². The van der Waals surface area contributed by atoms with Gasteiger partial charge in [-0.15, -0.1) is 0 Å². The summed E-state index contributed by atoms with van der Waals surface area (Å²) in [7, 11) is 0. The highest BCUT2D eigenvalue weighted by molar-refractivity contribution is 6.00. The normalized spacial score (nSPS) is 21.8. The molecule has 6 heteroatoms. The number of fused-ring (bicyclic) bond motifs is 1. The Balaban J connectivity index is 1.84. The number of Topliss-reactive ketones (excluding diaryl/α,β-unsaturated/α-hetero) is 1. The monoisotopic (exact) mass is 337 g/mol. The van der Waals surface area contributed by atoms with E-state index >= 15 is 0 Å². The molecule has 0 amide bonds. The van der Waals surface area contributed by atoms with Gasteiger partial charge in [-0.3, -0.25) is 4.79 Å². The van der Waals surface area contributed by atoms with Gasteiger partial charge in [0.1, 0.15) is 6.04 Å². The van der Waals surface area contributed by atoms with Gasteiger partial charge >= 0.3 is 0 Å². The summed E-state index contributed by atoms with van der Waals surface area (Å²) < 4.78 is 1.72. The van der Waals surface area contributed by atoms with E-state index in [-0.39, 0.29) is 17.2 Å². The van der Waals surface area contributed by atoms with Crippen molar-refractivity contribution in [2.75, 3.05) is 5.32 Å². The van der Waals surface area contributed by atoms with Gasteiger partial charge in [0.15, 0.2) is 5.78 Å². The molecule has 0 saturated heterocycles. The second-order valence-electron chi connectivity index (χ2n) is 8.13. The molecule has 1 aromatic heterocycles. The van der Waals surface area contributed by atoms with Crippen LogP contribution in [0.25, 0.3) is 0 Å². The summed E-state index contributed by atoms with van der Waals surface area (Å²) in [5.41, 5.74) is 4.03. The van der Waals surface area contributed by atoms with Crippen LogP contribution in [0, 0.1) is 5.41 Å². The Labute approximate surface area is 147 Å². The molecular formula is C19H23N5O. The van der Waals surface area contributed by atoms with Crippen molar-refractivity contribution in [3.05, 3.63) is 46.7 Å². The van der Waals surface area contributed by atoms with E-state index in [4.69, 9.17) is 0 Å². The molecule has 0 saturated carbocycles. The first kappa shape index (κ1) is 16.0. The molecule has 130 valence electrons. The molecule has 1 aliphatic heterocycles. The number of allylic oxidation sites excluding steroid dienone is 2. The van der Waals surface area contributed by atoms with E-state index in [9.17, 15) is 4.79 Å². The van der Waals surface area contributed by atoms with Gasteiger partial charge < -0.3 is 5.32 Å². The van der Waals surface area contributed by atoms with Gasteiger partial charge in [-0.25, -0.2) is 0 Å². The Morgan fingerprint density at radius 3 is 2.60 bits per heavy atom. The van der Waals surface area contributed by atoms with E-state index < -0.39 is 0 Å². The molecule has 25 heavy (non-hydrogen) atoms. The number of carbonyl (C=O) groups is 1. The number of benzene rings is 1. The largest absolute Gasteiger partial charge is 0.326 e. The number of ketones is 1. The molecule has 1 N–H and O–H groups in total. The number of nitrogens with one attached hydrogen (secondary N) is 1. The molecule has 0 radical (unpaired) electrons. The van der Waals surface area contributed by atoms with Crippen LogP contribution in [0.2, 0.25) is 0 Å².